The number of alkyl halides is 1. The highest BCUT2D eigenvalue weighted by atomic mass is 79.9. The van der Waals surface area contributed by atoms with Gasteiger partial charge in [-0.1, -0.05) is 15.9 Å². The van der Waals surface area contributed by atoms with E-state index in [9.17, 15) is 4.21 Å². The average molecular weight is 268 g/mol. The molecule has 0 heterocycles. The van der Waals surface area contributed by atoms with Crippen LogP contribution in [0.3, 0.4) is 0 Å². The molecule has 0 aliphatic rings. The summed E-state index contributed by atoms with van der Waals surface area (Å²) < 4.78 is 15.2. The van der Waals surface area contributed by atoms with Crippen molar-refractivity contribution >= 4 is 33.1 Å². The number of hydrogen-bond donors (Lipinski definition) is 0. The van der Waals surface area contributed by atoms with Crippen molar-refractivity contribution in [2.45, 2.75) is 44.8 Å². The third-order valence-corrected chi connectivity index (χ3v) is 3.36. The molecule has 0 aromatic rings. The van der Waals surface area contributed by atoms with Crippen molar-refractivity contribution in [2.24, 2.45) is 4.40 Å². The molecule has 13 heavy (non-hydrogen) atoms. The average Bonchev–Trinajstić information content (AvgIpc) is 2.02. The van der Waals surface area contributed by atoms with E-state index in [1.54, 1.807) is 6.21 Å². The van der Waals surface area contributed by atoms with Crippen LogP contribution in [0.15, 0.2) is 4.40 Å². The van der Waals surface area contributed by atoms with E-state index in [1.165, 1.54) is 0 Å². The zero-order chi connectivity index (χ0) is 10.3. The second kappa shape index (κ2) is 6.71. The first kappa shape index (κ1) is 13.3. The van der Waals surface area contributed by atoms with Crippen LogP contribution in [0.25, 0.3) is 0 Å². The van der Waals surface area contributed by atoms with Crippen LogP contribution in [0.2, 0.25) is 0 Å². The first-order valence-corrected chi connectivity index (χ1v) is 6.72. The third kappa shape index (κ3) is 7.38. The maximum Gasteiger partial charge on any atom is 0.144 e. The van der Waals surface area contributed by atoms with E-state index < -0.39 is 11.0 Å². The van der Waals surface area contributed by atoms with Crippen molar-refractivity contribution < 1.29 is 4.21 Å². The lowest BCUT2D eigenvalue weighted by molar-refractivity contribution is 0.650. The van der Waals surface area contributed by atoms with Crippen LogP contribution in [-0.2, 0) is 11.0 Å². The summed E-state index contributed by atoms with van der Waals surface area (Å²) in [6.45, 7) is 5.79. The molecule has 0 radical (unpaired) electrons. The fourth-order valence-corrected chi connectivity index (χ4v) is 1.56. The Kier molecular flexibility index (Phi) is 6.86. The van der Waals surface area contributed by atoms with Crippen LogP contribution in [0.4, 0.5) is 0 Å². The van der Waals surface area contributed by atoms with E-state index in [4.69, 9.17) is 0 Å². The Balaban J connectivity index is 3.67. The van der Waals surface area contributed by atoms with Crippen LogP contribution >= 0.6 is 15.9 Å². The van der Waals surface area contributed by atoms with Crippen molar-refractivity contribution in [2.75, 3.05) is 5.33 Å². The summed E-state index contributed by atoms with van der Waals surface area (Å²) in [5.41, 5.74) is 0. The maximum absolute atomic E-state index is 11.4. The molecule has 0 aliphatic carbocycles. The fourth-order valence-electron chi connectivity index (χ4n) is 0.609. The molecule has 0 rings (SSSR count). The van der Waals surface area contributed by atoms with Crippen molar-refractivity contribution in [1.82, 2.24) is 0 Å². The van der Waals surface area contributed by atoms with E-state index >= 15 is 0 Å². The Morgan fingerprint density at radius 3 is 2.46 bits per heavy atom. The van der Waals surface area contributed by atoms with E-state index in [0.29, 0.717) is 0 Å². The lowest BCUT2D eigenvalue weighted by Gasteiger charge is -2.12. The van der Waals surface area contributed by atoms with E-state index in [1.807, 2.05) is 20.8 Å². The highest BCUT2D eigenvalue weighted by molar-refractivity contribution is 9.09. The summed E-state index contributed by atoms with van der Waals surface area (Å²) in [4.78, 5) is 0. The molecule has 0 spiro atoms. The SMILES string of the molecule is CC(C)(C)S(=O)/N=C/CCCCBr. The van der Waals surface area contributed by atoms with E-state index in [0.717, 1.165) is 24.6 Å². The van der Waals surface area contributed by atoms with E-state index in [-0.39, 0.29) is 4.75 Å². The van der Waals surface area contributed by atoms with Crippen LogP contribution in [0, 0.1) is 0 Å². The summed E-state index contributed by atoms with van der Waals surface area (Å²) in [5.74, 6) is 0. The summed E-state index contributed by atoms with van der Waals surface area (Å²) >= 11 is 3.36. The molecule has 1 unspecified atom stereocenters. The third-order valence-electron chi connectivity index (χ3n) is 1.41. The number of rotatable bonds is 5. The van der Waals surface area contributed by atoms with Crippen LogP contribution < -0.4 is 0 Å². The standard InChI is InChI=1S/C9H18BrNOS/c1-9(2,3)13(12)11-8-6-4-5-7-10/h8H,4-7H2,1-3H3/b11-8+. The lowest BCUT2D eigenvalue weighted by Crippen LogP contribution is -2.19. The van der Waals surface area contributed by atoms with Gasteiger partial charge in [-0.05, 0) is 40.0 Å². The topological polar surface area (TPSA) is 29.4 Å². The van der Waals surface area contributed by atoms with Gasteiger partial charge < -0.3 is 0 Å². The quantitative estimate of drug-likeness (QED) is 0.428. The normalized spacial score (nSPS) is 15.1. The smallest absolute Gasteiger partial charge is 0.144 e. The summed E-state index contributed by atoms with van der Waals surface area (Å²) in [6, 6.07) is 0. The van der Waals surface area contributed by atoms with Gasteiger partial charge in [0.15, 0.2) is 0 Å². The predicted octanol–water partition coefficient (Wildman–Crippen LogP) is 3.08. The van der Waals surface area contributed by atoms with Crippen LogP contribution in [0.5, 0.6) is 0 Å². The molecule has 0 amide bonds. The Morgan fingerprint density at radius 1 is 1.38 bits per heavy atom. The van der Waals surface area contributed by atoms with Gasteiger partial charge in [0.2, 0.25) is 0 Å². The van der Waals surface area contributed by atoms with Crippen molar-refractivity contribution in [3.63, 3.8) is 0 Å². The number of hydrogen-bond acceptors (Lipinski definition) is 1. The first-order chi connectivity index (χ1) is 5.98. The van der Waals surface area contributed by atoms with Crippen LogP contribution in [0.1, 0.15) is 40.0 Å². The van der Waals surface area contributed by atoms with Crippen LogP contribution in [-0.4, -0.2) is 20.5 Å². The molecule has 0 N–H and O–H groups in total. The van der Waals surface area contributed by atoms with Gasteiger partial charge in [-0.3, -0.25) is 0 Å². The van der Waals surface area contributed by atoms with Crippen molar-refractivity contribution in [1.29, 1.82) is 0 Å². The number of unbranched alkanes of at least 4 members (excludes halogenated alkanes) is 2. The molecule has 2 nitrogen and oxygen atoms in total. The molecule has 0 bridgehead atoms. The van der Waals surface area contributed by atoms with Gasteiger partial charge >= 0.3 is 0 Å². The van der Waals surface area contributed by atoms with Crippen molar-refractivity contribution in [3.05, 3.63) is 0 Å². The van der Waals surface area contributed by atoms with Gasteiger partial charge in [0, 0.05) is 11.5 Å². The molecule has 0 aliphatic heterocycles. The molecule has 0 aromatic heterocycles. The Labute approximate surface area is 91.9 Å². The zero-order valence-electron chi connectivity index (χ0n) is 8.55. The minimum atomic E-state index is -1.09. The molecule has 1 atom stereocenters. The second-order valence-corrected chi connectivity index (χ2v) is 6.56. The van der Waals surface area contributed by atoms with Gasteiger partial charge in [-0.25, -0.2) is 4.21 Å². The van der Waals surface area contributed by atoms with E-state index in [2.05, 4.69) is 20.3 Å². The molecule has 0 saturated carbocycles. The maximum atomic E-state index is 11.4. The molecule has 78 valence electrons. The summed E-state index contributed by atoms with van der Waals surface area (Å²) in [6.07, 6.45) is 4.96. The van der Waals surface area contributed by atoms with Gasteiger partial charge in [-0.2, -0.15) is 4.40 Å². The molecule has 4 heteroatoms. The first-order valence-electron chi connectivity index (χ1n) is 4.49. The summed E-state index contributed by atoms with van der Waals surface area (Å²) in [7, 11) is -1.09. The highest BCUT2D eigenvalue weighted by Crippen LogP contribution is 2.11. The number of nitrogens with zero attached hydrogens (tertiary/aromatic N) is 1. The minimum absolute atomic E-state index is 0.230. The predicted molar refractivity (Wildman–Crippen MR) is 64.0 cm³/mol. The Bertz CT molecular complexity index is 187. The Morgan fingerprint density at radius 2 is 2.00 bits per heavy atom. The van der Waals surface area contributed by atoms with Gasteiger partial charge in [0.05, 0.1) is 4.75 Å². The van der Waals surface area contributed by atoms with Gasteiger partial charge in [0.25, 0.3) is 0 Å². The molecule has 0 fully saturated rings. The minimum Gasteiger partial charge on any atom is -0.234 e. The zero-order valence-corrected chi connectivity index (χ0v) is 10.9. The largest absolute Gasteiger partial charge is 0.234 e. The summed E-state index contributed by atoms with van der Waals surface area (Å²) in [5, 5.41) is 1.03. The van der Waals surface area contributed by atoms with Gasteiger partial charge in [-0.15, -0.1) is 0 Å². The fraction of sp³-hybridized carbons (Fsp3) is 0.889. The second-order valence-electron chi connectivity index (χ2n) is 3.83. The monoisotopic (exact) mass is 267 g/mol. The molecule has 0 aromatic carbocycles. The Hall–Kier alpha value is 0.300. The molecular weight excluding hydrogens is 250 g/mol. The molecular formula is C9H18BrNOS. The van der Waals surface area contributed by atoms with Gasteiger partial charge in [0.1, 0.15) is 11.0 Å². The molecule has 0 saturated heterocycles. The number of halogens is 1. The lowest BCUT2D eigenvalue weighted by atomic mass is 10.3. The van der Waals surface area contributed by atoms with Crippen molar-refractivity contribution in [3.8, 4) is 0 Å². The highest BCUT2D eigenvalue weighted by Gasteiger charge is 2.17.